The zero-order valence-electron chi connectivity index (χ0n) is 15.2. The Morgan fingerprint density at radius 3 is 1.88 bits per heavy atom. The molecule has 0 aromatic heterocycles. The van der Waals surface area contributed by atoms with Crippen molar-refractivity contribution in [2.24, 2.45) is 11.8 Å². The van der Waals surface area contributed by atoms with Crippen LogP contribution in [0, 0.1) is 11.8 Å². The average molecular weight is 371 g/mol. The van der Waals surface area contributed by atoms with Crippen molar-refractivity contribution >= 4 is 10.1 Å². The molecule has 0 rings (SSSR count). The molecule has 0 aliphatic carbocycles. The molecule has 0 aliphatic rings. The van der Waals surface area contributed by atoms with Gasteiger partial charge in [-0.2, -0.15) is 8.42 Å². The maximum Gasteiger partial charge on any atom is 0.292 e. The fraction of sp³-hybridized carbons (Fsp3) is 1.00. The van der Waals surface area contributed by atoms with E-state index in [2.05, 4.69) is 0 Å². The van der Waals surface area contributed by atoms with Gasteiger partial charge in [0, 0.05) is 13.2 Å². The van der Waals surface area contributed by atoms with Gasteiger partial charge in [-0.25, -0.2) is 0 Å². The van der Waals surface area contributed by atoms with Gasteiger partial charge in [-0.05, 0) is 51.4 Å². The van der Waals surface area contributed by atoms with E-state index in [0.29, 0.717) is 32.5 Å². The van der Waals surface area contributed by atoms with E-state index >= 15 is 0 Å². The maximum atomic E-state index is 11.4. The minimum atomic E-state index is -4.28. The predicted molar refractivity (Wildman–Crippen MR) is 92.3 cm³/mol. The summed E-state index contributed by atoms with van der Waals surface area (Å²) in [6, 6.07) is 0. The van der Waals surface area contributed by atoms with Crippen LogP contribution in [0.5, 0.6) is 0 Å². The highest BCUT2D eigenvalue weighted by Gasteiger charge is 2.24. The number of ether oxygens (including phenoxy) is 2. The van der Waals surface area contributed by atoms with Crippen molar-refractivity contribution in [2.75, 3.05) is 19.8 Å². The van der Waals surface area contributed by atoms with Gasteiger partial charge in [-0.1, -0.05) is 13.8 Å². The van der Waals surface area contributed by atoms with Gasteiger partial charge in [0.1, 0.15) is 0 Å². The molecule has 0 aromatic rings. The Balaban J connectivity index is 4.09. The lowest BCUT2D eigenvalue weighted by molar-refractivity contribution is 0.0407. The molecule has 8 heteroatoms. The fourth-order valence-electron chi connectivity index (χ4n) is 2.53. The molecule has 0 aliphatic heterocycles. The Kier molecular flexibility index (Phi) is 12.0. The first kappa shape index (κ1) is 23.8. The molecule has 0 saturated heterocycles. The van der Waals surface area contributed by atoms with Gasteiger partial charge in [0.05, 0.1) is 18.8 Å². The van der Waals surface area contributed by atoms with Crippen LogP contribution in [0.4, 0.5) is 0 Å². The van der Waals surface area contributed by atoms with Crippen LogP contribution in [0.15, 0.2) is 0 Å². The molecule has 3 N–H and O–H groups in total. The van der Waals surface area contributed by atoms with Crippen molar-refractivity contribution in [1.82, 2.24) is 0 Å². The predicted octanol–water partition coefficient (Wildman–Crippen LogP) is 1.83. The molecule has 0 aromatic carbocycles. The average Bonchev–Trinajstić information content (AvgIpc) is 2.38. The van der Waals surface area contributed by atoms with Gasteiger partial charge in [-0.3, -0.25) is 4.55 Å². The molecule has 7 nitrogen and oxygen atoms in total. The second-order valence-corrected chi connectivity index (χ2v) is 8.43. The van der Waals surface area contributed by atoms with Crippen LogP contribution in [-0.4, -0.2) is 60.6 Å². The van der Waals surface area contributed by atoms with Crippen molar-refractivity contribution in [3.63, 3.8) is 0 Å². The van der Waals surface area contributed by atoms with E-state index in [1.54, 1.807) is 13.8 Å². The van der Waals surface area contributed by atoms with Gasteiger partial charge in [0.25, 0.3) is 10.1 Å². The highest BCUT2D eigenvalue weighted by Crippen LogP contribution is 2.14. The fourth-order valence-corrected chi connectivity index (χ4v) is 3.24. The Bertz CT molecular complexity index is 409. The molecule has 0 radical (unpaired) electrons. The Morgan fingerprint density at radius 2 is 1.42 bits per heavy atom. The lowest BCUT2D eigenvalue weighted by Crippen LogP contribution is -2.27. The Labute approximate surface area is 146 Å². The van der Waals surface area contributed by atoms with Crippen LogP contribution in [0.2, 0.25) is 0 Å². The van der Waals surface area contributed by atoms with Crippen LogP contribution in [-0.2, 0) is 19.6 Å². The molecule has 5 atom stereocenters. The third-order valence-electron chi connectivity index (χ3n) is 3.52. The molecule has 24 heavy (non-hydrogen) atoms. The van der Waals surface area contributed by atoms with Crippen LogP contribution < -0.4 is 0 Å². The summed E-state index contributed by atoms with van der Waals surface area (Å²) in [7, 11) is -4.28. The number of rotatable bonds is 14. The molecule has 0 bridgehead atoms. The Hall–Kier alpha value is -0.250. The summed E-state index contributed by atoms with van der Waals surface area (Å²) in [6.07, 6.45) is 0.886. The SMILES string of the molecule is CC(O)CC(C)COCCCC(OCC(C)CC(C)O)S(=O)(=O)O. The van der Waals surface area contributed by atoms with E-state index in [9.17, 15) is 23.2 Å². The highest BCUT2D eigenvalue weighted by atomic mass is 32.2. The molecule has 0 spiro atoms. The van der Waals surface area contributed by atoms with E-state index in [-0.39, 0.29) is 31.0 Å². The summed E-state index contributed by atoms with van der Waals surface area (Å²) in [5, 5.41) is 18.6. The lowest BCUT2D eigenvalue weighted by Gasteiger charge is -2.19. The van der Waals surface area contributed by atoms with Crippen LogP contribution in [0.1, 0.15) is 53.4 Å². The topological polar surface area (TPSA) is 113 Å². The monoisotopic (exact) mass is 370 g/mol. The molecule has 0 fully saturated rings. The Morgan fingerprint density at radius 1 is 0.917 bits per heavy atom. The second kappa shape index (κ2) is 12.2. The first-order valence-electron chi connectivity index (χ1n) is 8.54. The molecule has 0 saturated carbocycles. The van der Waals surface area contributed by atoms with E-state index in [1.165, 1.54) is 0 Å². The van der Waals surface area contributed by atoms with Crippen molar-refractivity contribution in [1.29, 1.82) is 0 Å². The molecule has 0 amide bonds. The van der Waals surface area contributed by atoms with Crippen molar-refractivity contribution in [3.05, 3.63) is 0 Å². The largest absolute Gasteiger partial charge is 0.393 e. The van der Waals surface area contributed by atoms with Crippen LogP contribution in [0.25, 0.3) is 0 Å². The van der Waals surface area contributed by atoms with Crippen LogP contribution in [0.3, 0.4) is 0 Å². The standard InChI is InChI=1S/C16H34O7S/c1-12(8-14(3)17)10-22-7-5-6-16(24(19,20)21)23-11-13(2)9-15(4)18/h12-18H,5-11H2,1-4H3,(H,19,20,21). The van der Waals surface area contributed by atoms with E-state index in [1.807, 2.05) is 13.8 Å². The summed E-state index contributed by atoms with van der Waals surface area (Å²) >= 11 is 0. The molecular formula is C16H34O7S. The van der Waals surface area contributed by atoms with Crippen molar-refractivity contribution in [2.45, 2.75) is 71.0 Å². The second-order valence-electron chi connectivity index (χ2n) is 6.87. The summed E-state index contributed by atoms with van der Waals surface area (Å²) < 4.78 is 42.8. The van der Waals surface area contributed by atoms with Gasteiger partial charge in [0.2, 0.25) is 0 Å². The number of hydrogen-bond donors (Lipinski definition) is 3. The zero-order chi connectivity index (χ0) is 18.8. The van der Waals surface area contributed by atoms with Gasteiger partial charge in [0.15, 0.2) is 5.44 Å². The summed E-state index contributed by atoms with van der Waals surface area (Å²) in [4.78, 5) is 0. The van der Waals surface area contributed by atoms with Gasteiger partial charge in [-0.15, -0.1) is 0 Å². The van der Waals surface area contributed by atoms with E-state index in [4.69, 9.17) is 9.47 Å². The van der Waals surface area contributed by atoms with Gasteiger partial charge < -0.3 is 19.7 Å². The minimum absolute atomic E-state index is 0.00757. The molecule has 0 heterocycles. The maximum absolute atomic E-state index is 11.4. The van der Waals surface area contributed by atoms with E-state index < -0.39 is 21.7 Å². The van der Waals surface area contributed by atoms with Crippen molar-refractivity contribution < 1.29 is 32.7 Å². The van der Waals surface area contributed by atoms with E-state index in [0.717, 1.165) is 0 Å². The number of hydrogen-bond acceptors (Lipinski definition) is 6. The smallest absolute Gasteiger partial charge is 0.292 e. The molecular weight excluding hydrogens is 336 g/mol. The first-order valence-corrected chi connectivity index (χ1v) is 10.0. The third-order valence-corrected chi connectivity index (χ3v) is 4.55. The number of aliphatic hydroxyl groups is 2. The first-order chi connectivity index (χ1) is 11.0. The highest BCUT2D eigenvalue weighted by molar-refractivity contribution is 7.86. The minimum Gasteiger partial charge on any atom is -0.393 e. The summed E-state index contributed by atoms with van der Waals surface area (Å²) in [6.45, 7) is 8.22. The third kappa shape index (κ3) is 13.1. The summed E-state index contributed by atoms with van der Waals surface area (Å²) in [5.41, 5.74) is -1.27. The molecule has 5 unspecified atom stereocenters. The quantitative estimate of drug-likeness (QED) is 0.316. The lowest BCUT2D eigenvalue weighted by atomic mass is 10.1. The van der Waals surface area contributed by atoms with Gasteiger partial charge >= 0.3 is 0 Å². The van der Waals surface area contributed by atoms with Crippen molar-refractivity contribution in [3.8, 4) is 0 Å². The normalized spacial score (nSPS) is 18.8. The summed E-state index contributed by atoms with van der Waals surface area (Å²) in [5.74, 6) is 0.215. The van der Waals surface area contributed by atoms with Crippen LogP contribution >= 0.6 is 0 Å². The number of aliphatic hydroxyl groups excluding tert-OH is 2. The molecule has 146 valence electrons. The zero-order valence-corrected chi connectivity index (χ0v) is 16.0.